The van der Waals surface area contributed by atoms with E-state index in [1.165, 1.54) is 45.9 Å². The fourth-order valence-electron chi connectivity index (χ4n) is 4.67. The summed E-state index contributed by atoms with van der Waals surface area (Å²) in [5.41, 5.74) is 1.48. The Kier molecular flexibility index (Phi) is 6.00. The molecule has 0 amide bonds. The third-order valence-electron chi connectivity index (χ3n) is 6.38. The zero-order chi connectivity index (χ0) is 24.8. The highest BCUT2D eigenvalue weighted by Crippen LogP contribution is 2.41. The van der Waals surface area contributed by atoms with Crippen LogP contribution in [0.1, 0.15) is 31.1 Å². The Morgan fingerprint density at radius 3 is 2.41 bits per heavy atom. The molecular weight excluding hydrogens is 447 g/mol. The first-order valence-corrected chi connectivity index (χ1v) is 10.8. The number of aromatic nitrogens is 2. The fourth-order valence-corrected chi connectivity index (χ4v) is 4.67. The van der Waals surface area contributed by atoms with E-state index in [1.54, 1.807) is 27.0 Å². The number of benzene rings is 1. The largest absolute Gasteiger partial charge is 0.508 e. The van der Waals surface area contributed by atoms with Crippen molar-refractivity contribution in [2.24, 2.45) is 7.05 Å². The zero-order valence-electron chi connectivity index (χ0n) is 18.9. The van der Waals surface area contributed by atoms with Crippen LogP contribution in [0, 0.1) is 11.3 Å². The maximum atomic E-state index is 14.2. The summed E-state index contributed by atoms with van der Waals surface area (Å²) in [4.78, 5) is 20.3. The van der Waals surface area contributed by atoms with Crippen LogP contribution in [0.5, 0.6) is 5.75 Å². The number of pyridine rings is 2. The van der Waals surface area contributed by atoms with Crippen LogP contribution in [0.4, 0.5) is 18.9 Å². The van der Waals surface area contributed by atoms with Gasteiger partial charge in [0.1, 0.15) is 29.1 Å². The summed E-state index contributed by atoms with van der Waals surface area (Å²) < 4.78 is 44.0. The van der Waals surface area contributed by atoms with E-state index in [0.717, 1.165) is 0 Å². The molecule has 4 rings (SSSR count). The molecule has 1 fully saturated rings. The minimum atomic E-state index is -4.52. The second-order valence-electron chi connectivity index (χ2n) is 8.69. The molecule has 1 aliphatic rings. The number of aryl methyl sites for hydroxylation is 1. The maximum Gasteiger partial charge on any atom is 0.408 e. The molecule has 1 saturated heterocycles. The lowest BCUT2D eigenvalue weighted by Gasteiger charge is -2.48. The monoisotopic (exact) mass is 471 g/mol. The van der Waals surface area contributed by atoms with Crippen LogP contribution in [0.15, 0.2) is 47.3 Å². The fraction of sp³-hybridized carbons (Fsp3) is 0.375. The Balaban J connectivity index is 1.74. The van der Waals surface area contributed by atoms with Crippen molar-refractivity contribution >= 4 is 16.7 Å². The van der Waals surface area contributed by atoms with Gasteiger partial charge in [0.2, 0.25) is 0 Å². The van der Waals surface area contributed by atoms with Crippen molar-refractivity contribution in [3.63, 3.8) is 0 Å². The van der Waals surface area contributed by atoms with Crippen LogP contribution in [-0.2, 0) is 7.05 Å². The van der Waals surface area contributed by atoms with Crippen molar-refractivity contribution in [2.45, 2.75) is 38.1 Å². The number of phenols is 1. The van der Waals surface area contributed by atoms with E-state index in [1.807, 2.05) is 11.0 Å². The molecule has 1 aliphatic heterocycles. The number of halogens is 3. The van der Waals surface area contributed by atoms with Crippen LogP contribution in [0.25, 0.3) is 11.0 Å². The van der Waals surface area contributed by atoms with Gasteiger partial charge in [-0.3, -0.25) is 9.69 Å². The first kappa shape index (κ1) is 23.6. The van der Waals surface area contributed by atoms with Crippen molar-refractivity contribution < 1.29 is 18.3 Å². The molecule has 3 heterocycles. The van der Waals surface area contributed by atoms with Gasteiger partial charge < -0.3 is 14.6 Å². The first-order chi connectivity index (χ1) is 16.0. The SMILES string of the molecule is C[C@@H]1CN(c2cc(=O)n(C)c3ccc(C#N)nc23)[C@@H](C)CN1C(c1ccc(O)cc1)C(F)(F)F. The number of rotatable bonds is 3. The van der Waals surface area contributed by atoms with E-state index in [4.69, 9.17) is 0 Å². The number of hydrogen-bond donors (Lipinski definition) is 1. The molecule has 178 valence electrons. The standard InChI is InChI=1S/C24H24F3N5O2/c1-14-13-32(23(24(25,26)27)16-4-7-18(33)8-5-16)15(2)12-31(14)20-10-21(34)30(3)19-9-6-17(11-28)29-22(19)20/h4-10,14-15,23,33H,12-13H2,1-3H3/t14-,15+,23?/m0/s1. The van der Waals surface area contributed by atoms with Gasteiger partial charge in [-0.2, -0.15) is 18.4 Å². The van der Waals surface area contributed by atoms with Gasteiger partial charge >= 0.3 is 6.18 Å². The number of alkyl halides is 3. The average molecular weight is 471 g/mol. The predicted molar refractivity (Wildman–Crippen MR) is 122 cm³/mol. The molecule has 0 radical (unpaired) electrons. The van der Waals surface area contributed by atoms with Gasteiger partial charge in [0.25, 0.3) is 5.56 Å². The smallest absolute Gasteiger partial charge is 0.408 e. The first-order valence-electron chi connectivity index (χ1n) is 10.8. The van der Waals surface area contributed by atoms with Crippen molar-refractivity contribution in [3.05, 3.63) is 64.1 Å². The van der Waals surface area contributed by atoms with E-state index < -0.39 is 18.3 Å². The van der Waals surface area contributed by atoms with Gasteiger partial charge in [-0.1, -0.05) is 12.1 Å². The van der Waals surface area contributed by atoms with Crippen LogP contribution in [0.3, 0.4) is 0 Å². The molecule has 3 aromatic rings. The number of nitrogens with zero attached hydrogens (tertiary/aromatic N) is 5. The van der Waals surface area contributed by atoms with Gasteiger partial charge in [-0.15, -0.1) is 0 Å². The zero-order valence-corrected chi connectivity index (χ0v) is 18.9. The molecule has 3 atom stereocenters. The molecule has 1 aromatic carbocycles. The summed E-state index contributed by atoms with van der Waals surface area (Å²) >= 11 is 0. The predicted octanol–water partition coefficient (Wildman–Crippen LogP) is 3.71. The highest BCUT2D eigenvalue weighted by Gasteiger charge is 2.48. The number of fused-ring (bicyclic) bond motifs is 1. The van der Waals surface area contributed by atoms with Gasteiger partial charge in [-0.25, -0.2) is 4.98 Å². The second-order valence-corrected chi connectivity index (χ2v) is 8.69. The average Bonchev–Trinajstić information content (AvgIpc) is 2.78. The lowest BCUT2D eigenvalue weighted by Crippen LogP contribution is -2.59. The van der Waals surface area contributed by atoms with E-state index in [0.29, 0.717) is 16.7 Å². The van der Waals surface area contributed by atoms with Crippen LogP contribution < -0.4 is 10.5 Å². The molecule has 1 N–H and O–H groups in total. The number of anilines is 1. The highest BCUT2D eigenvalue weighted by molar-refractivity contribution is 5.89. The summed E-state index contributed by atoms with van der Waals surface area (Å²) in [5, 5.41) is 18.8. The Morgan fingerprint density at radius 1 is 1.12 bits per heavy atom. The normalized spacial score (nSPS) is 20.3. The van der Waals surface area contributed by atoms with Gasteiger partial charge in [0, 0.05) is 38.3 Å². The van der Waals surface area contributed by atoms with Gasteiger partial charge in [-0.05, 0) is 43.7 Å². The molecule has 7 nitrogen and oxygen atoms in total. The highest BCUT2D eigenvalue weighted by atomic mass is 19.4. The third kappa shape index (κ3) is 4.19. The van der Waals surface area contributed by atoms with Gasteiger partial charge in [0.05, 0.1) is 11.2 Å². The summed E-state index contributed by atoms with van der Waals surface area (Å²) in [6.07, 6.45) is -4.52. The summed E-state index contributed by atoms with van der Waals surface area (Å²) in [5.74, 6) is -0.0994. The van der Waals surface area contributed by atoms with Crippen LogP contribution in [0.2, 0.25) is 0 Å². The molecular formula is C24H24F3N5O2. The minimum absolute atomic E-state index is 0.0529. The molecule has 0 spiro atoms. The number of piperazine rings is 1. The van der Waals surface area contributed by atoms with Crippen molar-refractivity contribution in [1.29, 1.82) is 5.26 Å². The summed E-state index contributed by atoms with van der Waals surface area (Å²) in [6.45, 7) is 3.84. The third-order valence-corrected chi connectivity index (χ3v) is 6.38. The quantitative estimate of drug-likeness (QED) is 0.627. The molecule has 1 unspecified atom stereocenters. The molecule has 10 heteroatoms. The molecule has 34 heavy (non-hydrogen) atoms. The number of nitriles is 1. The number of aromatic hydroxyl groups is 1. The topological polar surface area (TPSA) is 85.4 Å². The molecule has 0 saturated carbocycles. The Bertz CT molecular complexity index is 1310. The van der Waals surface area contributed by atoms with E-state index in [9.17, 15) is 28.3 Å². The maximum absolute atomic E-state index is 14.2. The summed E-state index contributed by atoms with van der Waals surface area (Å²) in [6, 6.07) is 8.96. The molecule has 0 bridgehead atoms. The van der Waals surface area contributed by atoms with Crippen LogP contribution in [-0.4, -0.2) is 50.9 Å². The molecule has 2 aromatic heterocycles. The number of phenolic OH excluding ortho intramolecular Hbond substituents is 1. The Hall–Kier alpha value is -3.58. The Labute approximate surface area is 194 Å². The summed E-state index contributed by atoms with van der Waals surface area (Å²) in [7, 11) is 1.61. The van der Waals surface area contributed by atoms with Crippen molar-refractivity contribution in [1.82, 2.24) is 14.5 Å². The van der Waals surface area contributed by atoms with Gasteiger partial charge in [0.15, 0.2) is 0 Å². The van der Waals surface area contributed by atoms with E-state index >= 15 is 0 Å². The molecule has 0 aliphatic carbocycles. The van der Waals surface area contributed by atoms with E-state index in [2.05, 4.69) is 4.98 Å². The minimum Gasteiger partial charge on any atom is -0.508 e. The van der Waals surface area contributed by atoms with Crippen molar-refractivity contribution in [2.75, 3.05) is 18.0 Å². The number of hydrogen-bond acceptors (Lipinski definition) is 6. The lowest BCUT2D eigenvalue weighted by atomic mass is 9.98. The lowest BCUT2D eigenvalue weighted by molar-refractivity contribution is -0.194. The second kappa shape index (κ2) is 8.65. The Morgan fingerprint density at radius 2 is 1.79 bits per heavy atom. The van der Waals surface area contributed by atoms with Crippen LogP contribution >= 0.6 is 0 Å². The van der Waals surface area contributed by atoms with E-state index in [-0.39, 0.29) is 41.7 Å². The van der Waals surface area contributed by atoms with Crippen molar-refractivity contribution in [3.8, 4) is 11.8 Å².